The standard InChI is InChI=1S/C14H17ClFNO/c1-10-7-12(4-5-13(10)16)14(18)17-6-2-3-11(8-15)9-17/h4-5,7,11H,2-3,6,8-9H2,1H3. The largest absolute Gasteiger partial charge is 0.338 e. The molecular weight excluding hydrogens is 253 g/mol. The molecule has 2 rings (SSSR count). The third kappa shape index (κ3) is 2.83. The van der Waals surface area contributed by atoms with Crippen molar-refractivity contribution in [2.75, 3.05) is 19.0 Å². The highest BCUT2D eigenvalue weighted by Crippen LogP contribution is 2.20. The fourth-order valence-electron chi connectivity index (χ4n) is 2.34. The molecule has 1 aliphatic rings. The summed E-state index contributed by atoms with van der Waals surface area (Å²) in [4.78, 5) is 14.1. The third-order valence-corrected chi connectivity index (χ3v) is 3.87. The van der Waals surface area contributed by atoms with E-state index in [1.165, 1.54) is 6.07 Å². The van der Waals surface area contributed by atoms with E-state index in [1.54, 1.807) is 19.1 Å². The molecule has 1 amide bonds. The van der Waals surface area contributed by atoms with Crippen molar-refractivity contribution in [1.82, 2.24) is 4.90 Å². The van der Waals surface area contributed by atoms with Gasteiger partial charge in [0, 0.05) is 24.5 Å². The first-order chi connectivity index (χ1) is 8.61. The van der Waals surface area contributed by atoms with Crippen molar-refractivity contribution in [1.29, 1.82) is 0 Å². The van der Waals surface area contributed by atoms with Gasteiger partial charge in [0.2, 0.25) is 0 Å². The molecule has 0 saturated carbocycles. The van der Waals surface area contributed by atoms with Gasteiger partial charge >= 0.3 is 0 Å². The van der Waals surface area contributed by atoms with Crippen LogP contribution in [0.4, 0.5) is 4.39 Å². The molecule has 2 nitrogen and oxygen atoms in total. The first-order valence-corrected chi connectivity index (χ1v) is 6.76. The van der Waals surface area contributed by atoms with Crippen LogP contribution in [0.3, 0.4) is 0 Å². The number of hydrogen-bond acceptors (Lipinski definition) is 1. The van der Waals surface area contributed by atoms with E-state index in [2.05, 4.69) is 0 Å². The number of benzene rings is 1. The van der Waals surface area contributed by atoms with E-state index in [0.717, 1.165) is 19.4 Å². The number of carbonyl (C=O) groups is 1. The van der Waals surface area contributed by atoms with Gasteiger partial charge in [0.15, 0.2) is 0 Å². The van der Waals surface area contributed by atoms with Crippen molar-refractivity contribution in [3.8, 4) is 0 Å². The quantitative estimate of drug-likeness (QED) is 0.755. The summed E-state index contributed by atoms with van der Waals surface area (Å²) in [6, 6.07) is 4.52. The Morgan fingerprint density at radius 2 is 2.33 bits per heavy atom. The summed E-state index contributed by atoms with van der Waals surface area (Å²) in [7, 11) is 0. The summed E-state index contributed by atoms with van der Waals surface area (Å²) in [5, 5.41) is 0. The van der Waals surface area contributed by atoms with Gasteiger partial charge in [-0.2, -0.15) is 0 Å². The normalized spacial score (nSPS) is 19.9. The first kappa shape index (κ1) is 13.3. The van der Waals surface area contributed by atoms with Crippen molar-refractivity contribution in [2.24, 2.45) is 5.92 Å². The zero-order valence-electron chi connectivity index (χ0n) is 10.5. The fraction of sp³-hybridized carbons (Fsp3) is 0.500. The summed E-state index contributed by atoms with van der Waals surface area (Å²) in [6.45, 7) is 3.14. The number of carbonyl (C=O) groups excluding carboxylic acids is 1. The lowest BCUT2D eigenvalue weighted by molar-refractivity contribution is 0.0684. The number of piperidine rings is 1. The molecule has 1 aliphatic heterocycles. The van der Waals surface area contributed by atoms with Crippen LogP contribution in [0.1, 0.15) is 28.8 Å². The second-order valence-electron chi connectivity index (χ2n) is 4.88. The summed E-state index contributed by atoms with van der Waals surface area (Å²) < 4.78 is 13.2. The van der Waals surface area contributed by atoms with Gasteiger partial charge in [-0.15, -0.1) is 11.6 Å². The van der Waals surface area contributed by atoms with Gasteiger partial charge in [-0.3, -0.25) is 4.79 Å². The molecule has 1 heterocycles. The van der Waals surface area contributed by atoms with E-state index in [1.807, 2.05) is 4.90 Å². The van der Waals surface area contributed by atoms with Crippen molar-refractivity contribution < 1.29 is 9.18 Å². The van der Waals surface area contributed by atoms with Gasteiger partial charge in [-0.1, -0.05) is 0 Å². The van der Waals surface area contributed by atoms with Crippen molar-refractivity contribution in [3.63, 3.8) is 0 Å². The zero-order valence-corrected chi connectivity index (χ0v) is 11.2. The predicted octanol–water partition coefficient (Wildman–Crippen LogP) is 3.23. The van der Waals surface area contributed by atoms with Gasteiger partial charge in [0.25, 0.3) is 5.91 Å². The second-order valence-corrected chi connectivity index (χ2v) is 5.19. The molecule has 1 fully saturated rings. The summed E-state index contributed by atoms with van der Waals surface area (Å²) in [6.07, 6.45) is 2.07. The molecule has 1 atom stereocenters. The molecule has 0 aliphatic carbocycles. The molecule has 1 unspecified atom stereocenters. The van der Waals surface area contributed by atoms with Gasteiger partial charge < -0.3 is 4.90 Å². The molecule has 1 saturated heterocycles. The molecule has 1 aromatic carbocycles. The molecule has 0 N–H and O–H groups in total. The monoisotopic (exact) mass is 269 g/mol. The lowest BCUT2D eigenvalue weighted by Gasteiger charge is -2.32. The number of hydrogen-bond donors (Lipinski definition) is 0. The van der Waals surface area contributed by atoms with Crippen LogP contribution in [-0.4, -0.2) is 29.8 Å². The second kappa shape index (κ2) is 5.70. The zero-order chi connectivity index (χ0) is 13.1. The molecule has 0 spiro atoms. The third-order valence-electron chi connectivity index (χ3n) is 3.43. The maximum atomic E-state index is 13.2. The number of halogens is 2. The van der Waals surface area contributed by atoms with E-state index in [0.29, 0.717) is 29.5 Å². The number of likely N-dealkylation sites (tertiary alicyclic amines) is 1. The smallest absolute Gasteiger partial charge is 0.253 e. The van der Waals surface area contributed by atoms with Crippen LogP contribution in [-0.2, 0) is 0 Å². The molecule has 18 heavy (non-hydrogen) atoms. The van der Waals surface area contributed by atoms with Gasteiger partial charge in [0.1, 0.15) is 5.82 Å². The van der Waals surface area contributed by atoms with Crippen LogP contribution in [0, 0.1) is 18.7 Å². The van der Waals surface area contributed by atoms with E-state index < -0.39 is 0 Å². The molecule has 0 radical (unpaired) electrons. The van der Waals surface area contributed by atoms with Crippen LogP contribution in [0.25, 0.3) is 0 Å². The Kier molecular flexibility index (Phi) is 4.23. The molecule has 4 heteroatoms. The summed E-state index contributed by atoms with van der Waals surface area (Å²) >= 11 is 5.85. The Hall–Kier alpha value is -1.09. The van der Waals surface area contributed by atoms with Gasteiger partial charge in [0.05, 0.1) is 0 Å². The molecule has 0 bridgehead atoms. The van der Waals surface area contributed by atoms with E-state index in [9.17, 15) is 9.18 Å². The minimum atomic E-state index is -0.274. The minimum Gasteiger partial charge on any atom is -0.338 e. The van der Waals surface area contributed by atoms with Gasteiger partial charge in [-0.25, -0.2) is 4.39 Å². The Balaban J connectivity index is 2.12. The van der Waals surface area contributed by atoms with Crippen LogP contribution >= 0.6 is 11.6 Å². The Morgan fingerprint density at radius 3 is 3.00 bits per heavy atom. The lowest BCUT2D eigenvalue weighted by Crippen LogP contribution is -2.40. The van der Waals surface area contributed by atoms with Crippen molar-refractivity contribution >= 4 is 17.5 Å². The van der Waals surface area contributed by atoms with Crippen LogP contribution in [0.15, 0.2) is 18.2 Å². The highest BCUT2D eigenvalue weighted by atomic mass is 35.5. The topological polar surface area (TPSA) is 20.3 Å². The van der Waals surface area contributed by atoms with E-state index in [4.69, 9.17) is 11.6 Å². The molecular formula is C14H17ClFNO. The van der Waals surface area contributed by atoms with Crippen molar-refractivity contribution in [2.45, 2.75) is 19.8 Å². The molecule has 98 valence electrons. The number of aryl methyl sites for hydroxylation is 1. The van der Waals surface area contributed by atoms with E-state index >= 15 is 0 Å². The molecule has 0 aromatic heterocycles. The first-order valence-electron chi connectivity index (χ1n) is 6.23. The number of alkyl halides is 1. The molecule has 1 aromatic rings. The van der Waals surface area contributed by atoms with Crippen LogP contribution in [0.5, 0.6) is 0 Å². The van der Waals surface area contributed by atoms with Crippen molar-refractivity contribution in [3.05, 3.63) is 35.1 Å². The number of nitrogens with zero attached hydrogens (tertiary/aromatic N) is 1. The summed E-state index contributed by atoms with van der Waals surface area (Å²) in [5.74, 6) is 0.675. The number of amides is 1. The fourth-order valence-corrected chi connectivity index (χ4v) is 2.59. The maximum absolute atomic E-state index is 13.2. The summed E-state index contributed by atoms with van der Waals surface area (Å²) in [5.41, 5.74) is 1.07. The van der Waals surface area contributed by atoms with E-state index in [-0.39, 0.29) is 11.7 Å². The maximum Gasteiger partial charge on any atom is 0.253 e. The Bertz CT molecular complexity index is 449. The SMILES string of the molecule is Cc1cc(C(=O)N2CCCC(CCl)C2)ccc1F. The average Bonchev–Trinajstić information content (AvgIpc) is 2.41. The highest BCUT2D eigenvalue weighted by Gasteiger charge is 2.24. The Labute approximate surface area is 112 Å². The van der Waals surface area contributed by atoms with Gasteiger partial charge in [-0.05, 0) is 49.4 Å². The van der Waals surface area contributed by atoms with Crippen LogP contribution < -0.4 is 0 Å². The predicted molar refractivity (Wildman–Crippen MR) is 70.5 cm³/mol. The lowest BCUT2D eigenvalue weighted by atomic mass is 9.99. The number of rotatable bonds is 2. The Morgan fingerprint density at radius 1 is 1.56 bits per heavy atom. The average molecular weight is 270 g/mol. The highest BCUT2D eigenvalue weighted by molar-refractivity contribution is 6.18. The minimum absolute atomic E-state index is 0.0204. The van der Waals surface area contributed by atoms with Crippen LogP contribution in [0.2, 0.25) is 0 Å².